The minimum absolute atomic E-state index is 0.153. The van der Waals surface area contributed by atoms with Gasteiger partial charge in [0.2, 0.25) is 23.6 Å². The van der Waals surface area contributed by atoms with Crippen LogP contribution in [0.5, 0.6) is 0 Å². The van der Waals surface area contributed by atoms with E-state index in [9.17, 15) is 29.1 Å². The van der Waals surface area contributed by atoms with Gasteiger partial charge in [-0.3, -0.25) is 24.0 Å². The van der Waals surface area contributed by atoms with Crippen LogP contribution in [-0.2, 0) is 24.0 Å². The van der Waals surface area contributed by atoms with E-state index in [0.717, 1.165) is 0 Å². The third-order valence-electron chi connectivity index (χ3n) is 4.66. The van der Waals surface area contributed by atoms with Crippen LogP contribution >= 0.6 is 0 Å². The summed E-state index contributed by atoms with van der Waals surface area (Å²) in [6.45, 7) is 6.05. The summed E-state index contributed by atoms with van der Waals surface area (Å²) in [7, 11) is 0. The second-order valence-electron chi connectivity index (χ2n) is 7.27. The Bertz CT molecular complexity index is 640. The van der Waals surface area contributed by atoms with Crippen LogP contribution < -0.4 is 27.4 Å². The first kappa shape index (κ1) is 27.3. The van der Waals surface area contributed by atoms with Crippen LogP contribution in [-0.4, -0.2) is 70.1 Å². The van der Waals surface area contributed by atoms with Crippen LogP contribution in [0, 0.1) is 5.92 Å². The molecule has 0 aliphatic rings. The number of amides is 4. The third kappa shape index (κ3) is 9.18. The van der Waals surface area contributed by atoms with Crippen molar-refractivity contribution in [1.29, 1.82) is 0 Å². The van der Waals surface area contributed by atoms with Crippen LogP contribution in [0.1, 0.15) is 47.0 Å². The number of carboxylic acid groups (broad SMARTS) is 1. The zero-order valence-corrected chi connectivity index (χ0v) is 17.7. The highest BCUT2D eigenvalue weighted by Gasteiger charge is 2.32. The van der Waals surface area contributed by atoms with Crippen molar-refractivity contribution in [2.45, 2.75) is 77.2 Å². The first-order valence-electron chi connectivity index (χ1n) is 9.67. The van der Waals surface area contributed by atoms with Crippen molar-refractivity contribution in [2.24, 2.45) is 17.4 Å². The lowest BCUT2D eigenvalue weighted by atomic mass is 9.98. The molecule has 0 aromatic heterocycles. The summed E-state index contributed by atoms with van der Waals surface area (Å²) in [6.07, 6.45) is -1.12. The van der Waals surface area contributed by atoms with Gasteiger partial charge < -0.3 is 37.6 Å². The topological polar surface area (TPSA) is 214 Å². The van der Waals surface area contributed by atoms with E-state index in [2.05, 4.69) is 16.0 Å². The monoisotopic (exact) mass is 431 g/mol. The number of aliphatic carboxylic acids is 1. The minimum atomic E-state index is -1.49. The van der Waals surface area contributed by atoms with Gasteiger partial charge in [0.05, 0.1) is 12.1 Å². The zero-order chi connectivity index (χ0) is 23.6. The van der Waals surface area contributed by atoms with Crippen LogP contribution in [0.3, 0.4) is 0 Å². The number of primary amides is 1. The molecule has 0 bridgehead atoms. The van der Waals surface area contributed by atoms with E-state index in [-0.39, 0.29) is 18.8 Å². The number of hydrogen-bond donors (Lipinski definition) is 7. The largest absolute Gasteiger partial charge is 0.480 e. The lowest BCUT2D eigenvalue weighted by Crippen LogP contribution is -2.60. The van der Waals surface area contributed by atoms with Crippen molar-refractivity contribution in [3.8, 4) is 0 Å². The summed E-state index contributed by atoms with van der Waals surface area (Å²) in [4.78, 5) is 59.3. The molecule has 0 aromatic carbocycles. The maximum atomic E-state index is 12.7. The maximum absolute atomic E-state index is 12.7. The maximum Gasteiger partial charge on any atom is 0.325 e. The Morgan fingerprint density at radius 2 is 1.50 bits per heavy atom. The molecule has 0 rings (SSSR count). The zero-order valence-electron chi connectivity index (χ0n) is 17.7. The summed E-state index contributed by atoms with van der Waals surface area (Å²) in [5, 5.41) is 25.6. The van der Waals surface area contributed by atoms with Crippen LogP contribution in [0.25, 0.3) is 0 Å². The van der Waals surface area contributed by atoms with Gasteiger partial charge >= 0.3 is 5.97 Å². The van der Waals surface area contributed by atoms with Crippen molar-refractivity contribution in [1.82, 2.24) is 16.0 Å². The van der Waals surface area contributed by atoms with Crippen molar-refractivity contribution < 1.29 is 34.2 Å². The van der Waals surface area contributed by atoms with E-state index in [1.165, 1.54) is 13.8 Å². The number of nitrogens with two attached hydrogens (primary N) is 2. The molecule has 0 fully saturated rings. The Labute approximate surface area is 175 Å². The molecule has 6 unspecified atom stereocenters. The normalized spacial score (nSPS) is 16.9. The Kier molecular flexibility index (Phi) is 11.6. The molecule has 0 aliphatic heterocycles. The highest BCUT2D eigenvalue weighted by atomic mass is 16.4. The van der Waals surface area contributed by atoms with Crippen molar-refractivity contribution >= 4 is 29.6 Å². The van der Waals surface area contributed by atoms with E-state index in [1.54, 1.807) is 6.92 Å². The summed E-state index contributed by atoms with van der Waals surface area (Å²) in [5.41, 5.74) is 11.0. The molecule has 0 spiro atoms. The predicted molar refractivity (Wildman–Crippen MR) is 107 cm³/mol. The second-order valence-corrected chi connectivity index (χ2v) is 7.27. The summed E-state index contributed by atoms with van der Waals surface area (Å²) >= 11 is 0. The molecule has 172 valence electrons. The molecular weight excluding hydrogens is 398 g/mol. The fourth-order valence-corrected chi connectivity index (χ4v) is 2.36. The van der Waals surface area contributed by atoms with Gasteiger partial charge in [-0.2, -0.15) is 0 Å². The van der Waals surface area contributed by atoms with Gasteiger partial charge in [-0.25, -0.2) is 0 Å². The molecule has 0 heterocycles. The molecule has 0 saturated heterocycles. The lowest BCUT2D eigenvalue weighted by Gasteiger charge is -2.26. The number of nitrogens with one attached hydrogen (secondary N) is 3. The van der Waals surface area contributed by atoms with Gasteiger partial charge in [-0.1, -0.05) is 20.3 Å². The van der Waals surface area contributed by atoms with Crippen molar-refractivity contribution in [3.63, 3.8) is 0 Å². The van der Waals surface area contributed by atoms with Gasteiger partial charge in [0.1, 0.15) is 18.1 Å². The van der Waals surface area contributed by atoms with Crippen molar-refractivity contribution in [2.75, 3.05) is 0 Å². The first-order valence-corrected chi connectivity index (χ1v) is 9.67. The minimum Gasteiger partial charge on any atom is -0.480 e. The van der Waals surface area contributed by atoms with E-state index in [0.29, 0.717) is 6.42 Å². The Hall–Kier alpha value is -2.73. The van der Waals surface area contributed by atoms with Crippen LogP contribution in [0.2, 0.25) is 0 Å². The molecular formula is C18H33N5O7. The van der Waals surface area contributed by atoms with Gasteiger partial charge in [-0.05, 0) is 26.2 Å². The lowest BCUT2D eigenvalue weighted by molar-refractivity contribution is -0.142. The molecule has 0 radical (unpaired) electrons. The molecule has 0 aliphatic carbocycles. The molecule has 4 amide bonds. The average Bonchev–Trinajstić information content (AvgIpc) is 2.66. The molecule has 12 nitrogen and oxygen atoms in total. The van der Waals surface area contributed by atoms with Gasteiger partial charge in [-0.15, -0.1) is 0 Å². The van der Waals surface area contributed by atoms with Crippen LogP contribution in [0.15, 0.2) is 0 Å². The number of aliphatic hydroxyl groups is 1. The Morgan fingerprint density at radius 3 is 1.93 bits per heavy atom. The molecule has 12 heteroatoms. The second kappa shape index (κ2) is 12.8. The van der Waals surface area contributed by atoms with Gasteiger partial charge in [0, 0.05) is 6.42 Å². The highest BCUT2D eigenvalue weighted by Crippen LogP contribution is 2.07. The van der Waals surface area contributed by atoms with Gasteiger partial charge in [0.25, 0.3) is 0 Å². The molecule has 0 aromatic rings. The summed E-state index contributed by atoms with van der Waals surface area (Å²) < 4.78 is 0. The standard InChI is InChI=1S/C18H33N5O7/c1-5-8(2)13(20)16(27)22-11(6-7-12(19)25)15(26)23-14(10(4)24)17(28)21-9(3)18(29)30/h8-11,13-14,24H,5-7,20H2,1-4H3,(H2,19,25)(H,21,28)(H,22,27)(H,23,26)(H,29,30). The van der Waals surface area contributed by atoms with E-state index in [1.807, 2.05) is 6.92 Å². The molecule has 9 N–H and O–H groups in total. The highest BCUT2D eigenvalue weighted by molar-refractivity contribution is 5.94. The van der Waals surface area contributed by atoms with Crippen molar-refractivity contribution in [3.05, 3.63) is 0 Å². The molecule has 30 heavy (non-hydrogen) atoms. The first-order chi connectivity index (χ1) is 13.8. The number of aliphatic hydroxyl groups excluding tert-OH is 1. The Balaban J connectivity index is 5.38. The number of rotatable bonds is 13. The Morgan fingerprint density at radius 1 is 0.933 bits per heavy atom. The molecule has 0 saturated carbocycles. The van der Waals surface area contributed by atoms with Gasteiger partial charge in [0.15, 0.2) is 0 Å². The SMILES string of the molecule is CCC(C)C(N)C(=O)NC(CCC(N)=O)C(=O)NC(C(=O)NC(C)C(=O)O)C(C)O. The van der Waals surface area contributed by atoms with E-state index in [4.69, 9.17) is 16.6 Å². The smallest absolute Gasteiger partial charge is 0.325 e. The number of carboxylic acids is 1. The van der Waals surface area contributed by atoms with E-state index < -0.39 is 59.9 Å². The predicted octanol–water partition coefficient (Wildman–Crippen LogP) is -2.43. The fourth-order valence-electron chi connectivity index (χ4n) is 2.36. The number of hydrogen-bond acceptors (Lipinski definition) is 7. The quantitative estimate of drug-likeness (QED) is 0.166. The third-order valence-corrected chi connectivity index (χ3v) is 4.66. The van der Waals surface area contributed by atoms with Crippen LogP contribution in [0.4, 0.5) is 0 Å². The van der Waals surface area contributed by atoms with E-state index >= 15 is 0 Å². The fraction of sp³-hybridized carbons (Fsp3) is 0.722. The number of carbonyl (C=O) groups excluding carboxylic acids is 4. The molecule has 6 atom stereocenters. The average molecular weight is 431 g/mol. The number of carbonyl (C=O) groups is 5. The summed E-state index contributed by atoms with van der Waals surface area (Å²) in [6, 6.07) is -4.89. The summed E-state index contributed by atoms with van der Waals surface area (Å²) in [5.74, 6) is -4.57.